The quantitative estimate of drug-likeness (QED) is 0.833. The van der Waals surface area contributed by atoms with Crippen molar-refractivity contribution in [3.63, 3.8) is 0 Å². The molecule has 2 aromatic carbocycles. The van der Waals surface area contributed by atoms with Crippen LogP contribution in [0.5, 0.6) is 11.5 Å². The Morgan fingerprint density at radius 2 is 1.44 bits per heavy atom. The molecular weight excluding hydrogens is 314 g/mol. The molecule has 3 rings (SSSR count). The number of benzene rings is 2. The normalized spacial score (nSPS) is 15.0. The van der Waals surface area contributed by atoms with Gasteiger partial charge in [0.1, 0.15) is 17.6 Å². The van der Waals surface area contributed by atoms with Gasteiger partial charge in [-0.3, -0.25) is 4.79 Å². The Balaban J connectivity index is 1.42. The zero-order valence-corrected chi connectivity index (χ0v) is 14.9. The van der Waals surface area contributed by atoms with Gasteiger partial charge in [0.15, 0.2) is 6.61 Å². The number of likely N-dealkylation sites (tertiary alicyclic amines) is 1. The third-order valence-corrected chi connectivity index (χ3v) is 4.50. The van der Waals surface area contributed by atoms with E-state index < -0.39 is 0 Å². The maximum Gasteiger partial charge on any atom is 0.260 e. The van der Waals surface area contributed by atoms with Crippen LogP contribution in [-0.2, 0) is 4.79 Å². The van der Waals surface area contributed by atoms with Crippen molar-refractivity contribution in [3.8, 4) is 11.5 Å². The summed E-state index contributed by atoms with van der Waals surface area (Å²) in [5, 5.41) is 0. The van der Waals surface area contributed by atoms with E-state index in [1.54, 1.807) is 0 Å². The number of carbonyl (C=O) groups excluding carboxylic acids is 1. The second-order valence-electron chi connectivity index (χ2n) is 6.61. The summed E-state index contributed by atoms with van der Waals surface area (Å²) < 4.78 is 11.6. The highest BCUT2D eigenvalue weighted by molar-refractivity contribution is 5.77. The SMILES string of the molecule is Cc1ccc(OCC(=O)N2CCC(Oc3ccc(C)cc3)CC2)cc1. The number of piperidine rings is 1. The lowest BCUT2D eigenvalue weighted by molar-refractivity contribution is -0.135. The van der Waals surface area contributed by atoms with Crippen LogP contribution in [0.15, 0.2) is 48.5 Å². The summed E-state index contributed by atoms with van der Waals surface area (Å²) in [7, 11) is 0. The second-order valence-corrected chi connectivity index (χ2v) is 6.61. The van der Waals surface area contributed by atoms with E-state index in [-0.39, 0.29) is 18.6 Å². The Morgan fingerprint density at radius 3 is 2.00 bits per heavy atom. The molecule has 0 N–H and O–H groups in total. The van der Waals surface area contributed by atoms with Gasteiger partial charge in [-0.25, -0.2) is 0 Å². The molecule has 0 saturated carbocycles. The zero-order valence-electron chi connectivity index (χ0n) is 14.9. The molecule has 1 heterocycles. The van der Waals surface area contributed by atoms with Crippen LogP contribution >= 0.6 is 0 Å². The Morgan fingerprint density at radius 1 is 0.920 bits per heavy atom. The summed E-state index contributed by atoms with van der Waals surface area (Å²) in [5.41, 5.74) is 2.40. The molecule has 1 aliphatic heterocycles. The van der Waals surface area contributed by atoms with Crippen LogP contribution in [0.2, 0.25) is 0 Å². The maximum absolute atomic E-state index is 12.3. The molecule has 132 valence electrons. The topological polar surface area (TPSA) is 38.8 Å². The van der Waals surface area contributed by atoms with Crippen molar-refractivity contribution < 1.29 is 14.3 Å². The highest BCUT2D eigenvalue weighted by Crippen LogP contribution is 2.20. The number of hydrogen-bond donors (Lipinski definition) is 0. The van der Waals surface area contributed by atoms with E-state index in [4.69, 9.17) is 9.47 Å². The van der Waals surface area contributed by atoms with Gasteiger partial charge in [0.2, 0.25) is 0 Å². The summed E-state index contributed by atoms with van der Waals surface area (Å²) in [5.74, 6) is 1.67. The molecule has 4 nitrogen and oxygen atoms in total. The smallest absolute Gasteiger partial charge is 0.260 e. The number of hydrogen-bond acceptors (Lipinski definition) is 3. The standard InChI is InChI=1S/C21H25NO3/c1-16-3-7-18(8-4-16)24-15-21(23)22-13-11-20(12-14-22)25-19-9-5-17(2)6-10-19/h3-10,20H,11-15H2,1-2H3. The third kappa shape index (κ3) is 4.99. The van der Waals surface area contributed by atoms with Gasteiger partial charge >= 0.3 is 0 Å². The van der Waals surface area contributed by atoms with Crippen LogP contribution in [0.3, 0.4) is 0 Å². The van der Waals surface area contributed by atoms with E-state index >= 15 is 0 Å². The van der Waals surface area contributed by atoms with Crippen molar-refractivity contribution in [1.82, 2.24) is 4.90 Å². The summed E-state index contributed by atoms with van der Waals surface area (Å²) in [6, 6.07) is 15.9. The molecule has 0 aliphatic carbocycles. The van der Waals surface area contributed by atoms with Crippen LogP contribution in [0.1, 0.15) is 24.0 Å². The van der Waals surface area contributed by atoms with Crippen molar-refractivity contribution in [3.05, 3.63) is 59.7 Å². The predicted octanol–water partition coefficient (Wildman–Crippen LogP) is 3.75. The molecule has 25 heavy (non-hydrogen) atoms. The summed E-state index contributed by atoms with van der Waals surface area (Å²) in [6.45, 7) is 5.61. The van der Waals surface area contributed by atoms with Gasteiger partial charge in [-0.15, -0.1) is 0 Å². The fourth-order valence-electron chi connectivity index (χ4n) is 2.90. The molecule has 0 bridgehead atoms. The third-order valence-electron chi connectivity index (χ3n) is 4.50. The minimum atomic E-state index is 0.0364. The minimum absolute atomic E-state index is 0.0364. The highest BCUT2D eigenvalue weighted by Gasteiger charge is 2.24. The first-order valence-electron chi connectivity index (χ1n) is 8.81. The fraction of sp³-hybridized carbons (Fsp3) is 0.381. The highest BCUT2D eigenvalue weighted by atomic mass is 16.5. The molecule has 1 saturated heterocycles. The molecule has 2 aromatic rings. The van der Waals surface area contributed by atoms with E-state index in [9.17, 15) is 4.79 Å². The number of nitrogens with zero attached hydrogens (tertiary/aromatic N) is 1. The van der Waals surface area contributed by atoms with Gasteiger partial charge in [0.25, 0.3) is 5.91 Å². The van der Waals surface area contributed by atoms with E-state index in [1.165, 1.54) is 11.1 Å². The van der Waals surface area contributed by atoms with Crippen molar-refractivity contribution in [1.29, 1.82) is 0 Å². The number of aryl methyl sites for hydroxylation is 2. The second kappa shape index (κ2) is 8.06. The van der Waals surface area contributed by atoms with Crippen LogP contribution < -0.4 is 9.47 Å². The molecule has 4 heteroatoms. The molecule has 0 aromatic heterocycles. The monoisotopic (exact) mass is 339 g/mol. The van der Waals surface area contributed by atoms with E-state index in [0.29, 0.717) is 13.1 Å². The van der Waals surface area contributed by atoms with Crippen molar-refractivity contribution in [2.75, 3.05) is 19.7 Å². The molecule has 0 radical (unpaired) electrons. The fourth-order valence-corrected chi connectivity index (χ4v) is 2.90. The number of ether oxygens (including phenoxy) is 2. The Bertz CT molecular complexity index is 686. The molecular formula is C21H25NO3. The Labute approximate surface area is 149 Å². The maximum atomic E-state index is 12.3. The van der Waals surface area contributed by atoms with E-state index in [1.807, 2.05) is 48.2 Å². The average Bonchev–Trinajstić information content (AvgIpc) is 2.63. The largest absolute Gasteiger partial charge is 0.490 e. The van der Waals surface area contributed by atoms with Crippen LogP contribution in [-0.4, -0.2) is 36.6 Å². The van der Waals surface area contributed by atoms with Gasteiger partial charge in [-0.2, -0.15) is 0 Å². The predicted molar refractivity (Wildman–Crippen MR) is 98.1 cm³/mol. The molecule has 0 spiro atoms. The van der Waals surface area contributed by atoms with Crippen LogP contribution in [0.4, 0.5) is 0 Å². The van der Waals surface area contributed by atoms with Crippen molar-refractivity contribution in [2.24, 2.45) is 0 Å². The van der Waals surface area contributed by atoms with Gasteiger partial charge in [-0.1, -0.05) is 35.4 Å². The number of amides is 1. The van der Waals surface area contributed by atoms with Gasteiger partial charge < -0.3 is 14.4 Å². The van der Waals surface area contributed by atoms with E-state index in [2.05, 4.69) is 19.1 Å². The summed E-state index contributed by atoms with van der Waals surface area (Å²) >= 11 is 0. The number of rotatable bonds is 5. The molecule has 1 aliphatic rings. The molecule has 0 atom stereocenters. The first-order valence-corrected chi connectivity index (χ1v) is 8.81. The van der Waals surface area contributed by atoms with Crippen LogP contribution in [0.25, 0.3) is 0 Å². The average molecular weight is 339 g/mol. The lowest BCUT2D eigenvalue weighted by atomic mass is 10.1. The minimum Gasteiger partial charge on any atom is -0.490 e. The van der Waals surface area contributed by atoms with Gasteiger partial charge in [0, 0.05) is 25.9 Å². The zero-order chi connectivity index (χ0) is 17.6. The Kier molecular flexibility index (Phi) is 5.59. The molecule has 0 unspecified atom stereocenters. The Hall–Kier alpha value is -2.49. The van der Waals surface area contributed by atoms with Crippen molar-refractivity contribution >= 4 is 5.91 Å². The summed E-state index contributed by atoms with van der Waals surface area (Å²) in [4.78, 5) is 14.2. The van der Waals surface area contributed by atoms with Gasteiger partial charge in [0.05, 0.1) is 0 Å². The lowest BCUT2D eigenvalue weighted by Crippen LogP contribution is -2.43. The number of carbonyl (C=O) groups is 1. The first-order chi connectivity index (χ1) is 12.1. The van der Waals surface area contributed by atoms with E-state index in [0.717, 1.165) is 24.3 Å². The molecule has 1 fully saturated rings. The first kappa shape index (κ1) is 17.3. The molecule has 1 amide bonds. The van der Waals surface area contributed by atoms with Crippen LogP contribution in [0, 0.1) is 13.8 Å². The van der Waals surface area contributed by atoms with Gasteiger partial charge in [-0.05, 0) is 38.1 Å². The summed E-state index contributed by atoms with van der Waals surface area (Å²) in [6.07, 6.45) is 1.87. The lowest BCUT2D eigenvalue weighted by Gasteiger charge is -2.32. The van der Waals surface area contributed by atoms with Crippen molar-refractivity contribution in [2.45, 2.75) is 32.8 Å².